The van der Waals surface area contributed by atoms with Crippen molar-refractivity contribution in [1.29, 1.82) is 0 Å². The maximum Gasteiger partial charge on any atom is 0.221 e. The number of rotatable bonds is 5. The van der Waals surface area contributed by atoms with E-state index in [9.17, 15) is 4.79 Å². The van der Waals surface area contributed by atoms with Crippen LogP contribution in [0.15, 0.2) is 24.3 Å². The van der Waals surface area contributed by atoms with Crippen LogP contribution >= 0.6 is 0 Å². The minimum Gasteiger partial charge on any atom is -0.495 e. The molecule has 23 heavy (non-hydrogen) atoms. The molecule has 1 heterocycles. The molecule has 1 aliphatic rings. The van der Waals surface area contributed by atoms with Crippen LogP contribution in [0.1, 0.15) is 27.2 Å². The zero-order chi connectivity index (χ0) is 16.9. The molecule has 0 aliphatic carbocycles. The Hall–Kier alpha value is -1.75. The number of carbonyl (C=O) groups excluding carboxylic acids is 1. The van der Waals surface area contributed by atoms with E-state index in [0.717, 1.165) is 44.2 Å². The first-order valence-electron chi connectivity index (χ1n) is 8.30. The summed E-state index contributed by atoms with van der Waals surface area (Å²) >= 11 is 0. The van der Waals surface area contributed by atoms with Crippen molar-refractivity contribution in [2.45, 2.75) is 32.7 Å². The second-order valence-corrected chi connectivity index (χ2v) is 7.05. The van der Waals surface area contributed by atoms with Crippen molar-refractivity contribution in [2.75, 3.05) is 44.7 Å². The number of para-hydroxylation sites is 2. The van der Waals surface area contributed by atoms with Gasteiger partial charge in [-0.25, -0.2) is 0 Å². The van der Waals surface area contributed by atoms with Gasteiger partial charge < -0.3 is 15.0 Å². The molecule has 0 radical (unpaired) electrons. The van der Waals surface area contributed by atoms with Gasteiger partial charge in [0.25, 0.3) is 0 Å². The molecular weight excluding hydrogens is 290 g/mol. The lowest BCUT2D eigenvalue weighted by Gasteiger charge is -2.36. The summed E-state index contributed by atoms with van der Waals surface area (Å²) in [4.78, 5) is 16.6. The molecule has 0 bridgehead atoms. The Morgan fingerprint density at radius 2 is 1.83 bits per heavy atom. The van der Waals surface area contributed by atoms with E-state index < -0.39 is 0 Å². The summed E-state index contributed by atoms with van der Waals surface area (Å²) in [6.45, 7) is 10.7. The largest absolute Gasteiger partial charge is 0.495 e. The molecule has 0 aromatic heterocycles. The Bertz CT molecular complexity index is 517. The molecule has 1 amide bonds. The lowest BCUT2D eigenvalue weighted by molar-refractivity contribution is -0.122. The minimum absolute atomic E-state index is 0.129. The SMILES string of the molecule is COc1ccccc1N1CCN(CCC(=O)NC(C)(C)C)CC1. The Morgan fingerprint density at radius 3 is 2.43 bits per heavy atom. The molecule has 1 aliphatic heterocycles. The van der Waals surface area contributed by atoms with E-state index >= 15 is 0 Å². The molecule has 2 rings (SSSR count). The highest BCUT2D eigenvalue weighted by molar-refractivity contribution is 5.76. The normalized spacial score (nSPS) is 16.3. The Kier molecular flexibility index (Phi) is 5.88. The van der Waals surface area contributed by atoms with E-state index in [1.165, 1.54) is 0 Å². The second-order valence-electron chi connectivity index (χ2n) is 7.05. The number of benzene rings is 1. The molecule has 1 saturated heterocycles. The fourth-order valence-electron chi connectivity index (χ4n) is 2.84. The molecule has 128 valence electrons. The summed E-state index contributed by atoms with van der Waals surface area (Å²) in [6.07, 6.45) is 0.561. The third-order valence-corrected chi connectivity index (χ3v) is 3.97. The Balaban J connectivity index is 1.79. The average molecular weight is 319 g/mol. The average Bonchev–Trinajstić information content (AvgIpc) is 2.52. The van der Waals surface area contributed by atoms with Gasteiger partial charge in [0.2, 0.25) is 5.91 Å². The zero-order valence-corrected chi connectivity index (χ0v) is 14.8. The van der Waals surface area contributed by atoms with Gasteiger partial charge in [-0.15, -0.1) is 0 Å². The molecular formula is C18H29N3O2. The molecule has 1 aromatic rings. The third-order valence-electron chi connectivity index (χ3n) is 3.97. The highest BCUT2D eigenvalue weighted by Crippen LogP contribution is 2.28. The highest BCUT2D eigenvalue weighted by Gasteiger charge is 2.20. The van der Waals surface area contributed by atoms with Gasteiger partial charge in [-0.05, 0) is 32.9 Å². The number of nitrogens with zero attached hydrogens (tertiary/aromatic N) is 2. The molecule has 1 aromatic carbocycles. The van der Waals surface area contributed by atoms with Gasteiger partial charge in [0, 0.05) is 44.7 Å². The molecule has 0 spiro atoms. The zero-order valence-electron chi connectivity index (χ0n) is 14.8. The fourth-order valence-corrected chi connectivity index (χ4v) is 2.84. The number of amides is 1. The van der Waals surface area contributed by atoms with Crippen molar-refractivity contribution >= 4 is 11.6 Å². The third kappa shape index (κ3) is 5.43. The summed E-state index contributed by atoms with van der Waals surface area (Å²) in [6, 6.07) is 8.14. The quantitative estimate of drug-likeness (QED) is 0.903. The van der Waals surface area contributed by atoms with Crippen molar-refractivity contribution in [3.8, 4) is 5.75 Å². The van der Waals surface area contributed by atoms with Crippen LogP contribution < -0.4 is 15.0 Å². The summed E-state index contributed by atoms with van der Waals surface area (Å²) in [5.74, 6) is 1.05. The number of nitrogens with one attached hydrogen (secondary N) is 1. The summed E-state index contributed by atoms with van der Waals surface area (Å²) in [5.41, 5.74) is 1.000. The Labute approximate surface area is 139 Å². The van der Waals surface area contributed by atoms with Crippen LogP contribution in [0, 0.1) is 0 Å². The van der Waals surface area contributed by atoms with Crippen molar-refractivity contribution in [3.63, 3.8) is 0 Å². The standard InChI is InChI=1S/C18H29N3O2/c1-18(2,3)19-17(22)9-10-20-11-13-21(14-12-20)15-7-5-6-8-16(15)23-4/h5-8H,9-14H2,1-4H3,(H,19,22). The molecule has 0 atom stereocenters. The number of ether oxygens (including phenoxy) is 1. The second kappa shape index (κ2) is 7.68. The minimum atomic E-state index is -0.153. The Morgan fingerprint density at radius 1 is 1.17 bits per heavy atom. The number of hydrogen-bond acceptors (Lipinski definition) is 4. The van der Waals surface area contributed by atoms with E-state index in [2.05, 4.69) is 21.2 Å². The number of methoxy groups -OCH3 is 1. The van der Waals surface area contributed by atoms with E-state index in [4.69, 9.17) is 4.74 Å². The van der Waals surface area contributed by atoms with E-state index in [1.54, 1.807) is 7.11 Å². The van der Waals surface area contributed by atoms with E-state index in [1.807, 2.05) is 39.0 Å². The van der Waals surface area contributed by atoms with Gasteiger partial charge in [-0.3, -0.25) is 9.69 Å². The summed E-state index contributed by atoms with van der Waals surface area (Å²) in [5, 5.41) is 3.02. The molecule has 1 fully saturated rings. The van der Waals surface area contributed by atoms with Gasteiger partial charge in [0.05, 0.1) is 12.8 Å². The highest BCUT2D eigenvalue weighted by atomic mass is 16.5. The van der Waals surface area contributed by atoms with Crippen LogP contribution in [0.2, 0.25) is 0 Å². The van der Waals surface area contributed by atoms with E-state index in [-0.39, 0.29) is 11.4 Å². The lowest BCUT2D eigenvalue weighted by Crippen LogP contribution is -2.48. The van der Waals surface area contributed by atoms with Gasteiger partial charge in [0.15, 0.2) is 0 Å². The predicted octanol–water partition coefficient (Wildman–Crippen LogP) is 2.12. The maximum atomic E-state index is 11.9. The van der Waals surface area contributed by atoms with Crippen molar-refractivity contribution in [1.82, 2.24) is 10.2 Å². The maximum absolute atomic E-state index is 11.9. The number of anilines is 1. The molecule has 0 unspecified atom stereocenters. The van der Waals surface area contributed by atoms with Gasteiger partial charge in [-0.2, -0.15) is 0 Å². The lowest BCUT2D eigenvalue weighted by atomic mass is 10.1. The van der Waals surface area contributed by atoms with Crippen LogP contribution in [0.25, 0.3) is 0 Å². The number of hydrogen-bond donors (Lipinski definition) is 1. The molecule has 0 saturated carbocycles. The smallest absolute Gasteiger partial charge is 0.221 e. The predicted molar refractivity (Wildman–Crippen MR) is 94.2 cm³/mol. The van der Waals surface area contributed by atoms with Crippen LogP contribution in [0.5, 0.6) is 5.75 Å². The first kappa shape index (κ1) is 17.6. The molecule has 5 nitrogen and oxygen atoms in total. The molecule has 1 N–H and O–H groups in total. The topological polar surface area (TPSA) is 44.8 Å². The van der Waals surface area contributed by atoms with Crippen LogP contribution in [-0.2, 0) is 4.79 Å². The monoisotopic (exact) mass is 319 g/mol. The van der Waals surface area contributed by atoms with Crippen molar-refractivity contribution in [3.05, 3.63) is 24.3 Å². The number of carbonyl (C=O) groups is 1. The van der Waals surface area contributed by atoms with Crippen LogP contribution in [0.3, 0.4) is 0 Å². The summed E-state index contributed by atoms with van der Waals surface area (Å²) in [7, 11) is 1.71. The van der Waals surface area contributed by atoms with Gasteiger partial charge >= 0.3 is 0 Å². The fraction of sp³-hybridized carbons (Fsp3) is 0.611. The van der Waals surface area contributed by atoms with E-state index in [0.29, 0.717) is 6.42 Å². The van der Waals surface area contributed by atoms with Crippen molar-refractivity contribution in [2.24, 2.45) is 0 Å². The van der Waals surface area contributed by atoms with Crippen molar-refractivity contribution < 1.29 is 9.53 Å². The first-order valence-corrected chi connectivity index (χ1v) is 8.30. The number of piperazine rings is 1. The van der Waals surface area contributed by atoms with Gasteiger partial charge in [-0.1, -0.05) is 12.1 Å². The summed E-state index contributed by atoms with van der Waals surface area (Å²) < 4.78 is 5.44. The van der Waals surface area contributed by atoms with Gasteiger partial charge in [0.1, 0.15) is 5.75 Å². The first-order chi connectivity index (χ1) is 10.9. The van der Waals surface area contributed by atoms with Crippen LogP contribution in [0.4, 0.5) is 5.69 Å². The van der Waals surface area contributed by atoms with Crippen LogP contribution in [-0.4, -0.2) is 56.2 Å². The molecule has 5 heteroatoms.